The summed E-state index contributed by atoms with van der Waals surface area (Å²) in [6.45, 7) is 5.70. The minimum Gasteiger partial charge on any atom is -0.329 e. The zero-order valence-electron chi connectivity index (χ0n) is 12.3. The standard InChI is InChI=1S/C13H29N3O2S/c1-3-4-5-6-7-13(12-14)15-8-10-16(11-9-15)19(2,17)18/h13H,3-12,14H2,1-2H3. The molecule has 1 fully saturated rings. The quantitative estimate of drug-likeness (QED) is 0.674. The van der Waals surface area contributed by atoms with Crippen molar-refractivity contribution >= 4 is 10.0 Å². The van der Waals surface area contributed by atoms with E-state index in [0.29, 0.717) is 25.7 Å². The molecular formula is C13H29N3O2S. The second-order valence-corrected chi connectivity index (χ2v) is 7.42. The second kappa shape index (κ2) is 8.19. The third kappa shape index (κ3) is 5.77. The Labute approximate surface area is 118 Å². The van der Waals surface area contributed by atoms with E-state index in [4.69, 9.17) is 5.73 Å². The molecule has 0 aromatic heterocycles. The van der Waals surface area contributed by atoms with Gasteiger partial charge in [-0.05, 0) is 6.42 Å². The molecule has 1 rings (SSSR count). The van der Waals surface area contributed by atoms with Gasteiger partial charge >= 0.3 is 0 Å². The SMILES string of the molecule is CCCCCCC(CN)N1CCN(S(C)(=O)=O)CC1. The van der Waals surface area contributed by atoms with Crippen LogP contribution < -0.4 is 5.73 Å². The maximum absolute atomic E-state index is 11.5. The summed E-state index contributed by atoms with van der Waals surface area (Å²) in [5.74, 6) is 0. The van der Waals surface area contributed by atoms with Crippen LogP contribution >= 0.6 is 0 Å². The van der Waals surface area contributed by atoms with Crippen molar-refractivity contribution in [3.05, 3.63) is 0 Å². The number of unbranched alkanes of at least 4 members (excludes halogenated alkanes) is 3. The van der Waals surface area contributed by atoms with Gasteiger partial charge in [0.1, 0.15) is 0 Å². The minimum atomic E-state index is -3.03. The highest BCUT2D eigenvalue weighted by Crippen LogP contribution is 2.14. The average molecular weight is 291 g/mol. The van der Waals surface area contributed by atoms with Gasteiger partial charge in [-0.1, -0.05) is 32.6 Å². The van der Waals surface area contributed by atoms with Crippen LogP contribution in [0.1, 0.15) is 39.0 Å². The van der Waals surface area contributed by atoms with Crippen LogP contribution in [0.4, 0.5) is 0 Å². The molecule has 0 bridgehead atoms. The first kappa shape index (κ1) is 16.9. The first-order valence-electron chi connectivity index (χ1n) is 7.38. The highest BCUT2D eigenvalue weighted by atomic mass is 32.2. The van der Waals surface area contributed by atoms with Crippen molar-refractivity contribution in [1.29, 1.82) is 0 Å². The van der Waals surface area contributed by atoms with Crippen LogP contribution in [0, 0.1) is 0 Å². The van der Waals surface area contributed by atoms with Crippen LogP contribution in [-0.4, -0.2) is 62.6 Å². The molecule has 6 heteroatoms. The molecule has 1 aliphatic rings. The fourth-order valence-corrected chi connectivity index (χ4v) is 3.48. The maximum atomic E-state index is 11.5. The Kier molecular flexibility index (Phi) is 7.28. The van der Waals surface area contributed by atoms with Crippen LogP contribution in [0.15, 0.2) is 0 Å². The molecule has 0 radical (unpaired) electrons. The smallest absolute Gasteiger partial charge is 0.211 e. The third-order valence-corrected chi connectivity index (χ3v) is 5.22. The predicted molar refractivity (Wildman–Crippen MR) is 79.6 cm³/mol. The van der Waals surface area contributed by atoms with Gasteiger partial charge in [0.25, 0.3) is 0 Å². The van der Waals surface area contributed by atoms with E-state index in [-0.39, 0.29) is 0 Å². The van der Waals surface area contributed by atoms with Crippen LogP contribution in [-0.2, 0) is 10.0 Å². The highest BCUT2D eigenvalue weighted by Gasteiger charge is 2.26. The summed E-state index contributed by atoms with van der Waals surface area (Å²) >= 11 is 0. The van der Waals surface area contributed by atoms with E-state index in [0.717, 1.165) is 19.5 Å². The molecule has 114 valence electrons. The van der Waals surface area contributed by atoms with E-state index in [2.05, 4.69) is 11.8 Å². The molecule has 5 nitrogen and oxygen atoms in total. The Morgan fingerprint density at radius 2 is 1.74 bits per heavy atom. The van der Waals surface area contributed by atoms with Gasteiger partial charge in [0.2, 0.25) is 10.0 Å². The lowest BCUT2D eigenvalue weighted by molar-refractivity contribution is 0.132. The minimum absolute atomic E-state index is 0.415. The number of nitrogens with two attached hydrogens (primary N) is 1. The summed E-state index contributed by atoms with van der Waals surface area (Å²) in [5.41, 5.74) is 5.87. The van der Waals surface area contributed by atoms with E-state index in [1.165, 1.54) is 31.9 Å². The van der Waals surface area contributed by atoms with Crippen LogP contribution in [0.5, 0.6) is 0 Å². The topological polar surface area (TPSA) is 66.6 Å². The zero-order chi connectivity index (χ0) is 14.3. The molecule has 0 spiro atoms. The van der Waals surface area contributed by atoms with Crippen molar-refractivity contribution < 1.29 is 8.42 Å². The van der Waals surface area contributed by atoms with Crippen LogP contribution in [0.3, 0.4) is 0 Å². The molecule has 1 saturated heterocycles. The van der Waals surface area contributed by atoms with Gasteiger partial charge in [-0.3, -0.25) is 4.90 Å². The van der Waals surface area contributed by atoms with Gasteiger partial charge in [-0.15, -0.1) is 0 Å². The summed E-state index contributed by atoms with van der Waals surface area (Å²) < 4.78 is 24.5. The molecule has 0 aliphatic carbocycles. The third-order valence-electron chi connectivity index (χ3n) is 3.92. The molecule has 0 amide bonds. The monoisotopic (exact) mass is 291 g/mol. The molecule has 1 aliphatic heterocycles. The molecule has 1 unspecified atom stereocenters. The van der Waals surface area contributed by atoms with E-state index in [9.17, 15) is 8.42 Å². The fourth-order valence-electron chi connectivity index (χ4n) is 2.66. The van der Waals surface area contributed by atoms with Crippen molar-refractivity contribution in [2.45, 2.75) is 45.1 Å². The molecule has 2 N–H and O–H groups in total. The summed E-state index contributed by atoms with van der Waals surface area (Å²) in [5, 5.41) is 0. The van der Waals surface area contributed by atoms with Gasteiger partial charge in [0.15, 0.2) is 0 Å². The number of hydrogen-bond acceptors (Lipinski definition) is 4. The first-order valence-corrected chi connectivity index (χ1v) is 9.23. The van der Waals surface area contributed by atoms with E-state index in [1.807, 2.05) is 0 Å². The van der Waals surface area contributed by atoms with Crippen molar-refractivity contribution in [2.24, 2.45) is 5.73 Å². The molecule has 0 aromatic rings. The lowest BCUT2D eigenvalue weighted by Gasteiger charge is -2.38. The number of sulfonamides is 1. The largest absolute Gasteiger partial charge is 0.329 e. The lowest BCUT2D eigenvalue weighted by Crippen LogP contribution is -2.53. The second-order valence-electron chi connectivity index (χ2n) is 5.44. The van der Waals surface area contributed by atoms with Crippen molar-refractivity contribution in [3.63, 3.8) is 0 Å². The number of nitrogens with zero attached hydrogens (tertiary/aromatic N) is 2. The molecule has 1 atom stereocenters. The molecular weight excluding hydrogens is 262 g/mol. The Bertz CT molecular complexity index is 338. The van der Waals surface area contributed by atoms with Gasteiger partial charge in [0, 0.05) is 38.8 Å². The van der Waals surface area contributed by atoms with E-state index in [1.54, 1.807) is 4.31 Å². The summed E-state index contributed by atoms with van der Waals surface area (Å²) in [7, 11) is -3.03. The molecule has 1 heterocycles. The predicted octanol–water partition coefficient (Wildman–Crippen LogP) is 0.861. The Hall–Kier alpha value is -0.170. The summed E-state index contributed by atoms with van der Waals surface area (Å²) in [6.07, 6.45) is 7.46. The first-order chi connectivity index (χ1) is 8.99. The van der Waals surface area contributed by atoms with Crippen LogP contribution in [0.2, 0.25) is 0 Å². The van der Waals surface area contributed by atoms with Gasteiger partial charge in [-0.25, -0.2) is 8.42 Å². The number of hydrogen-bond donors (Lipinski definition) is 1. The molecule has 0 saturated carbocycles. The Morgan fingerprint density at radius 1 is 1.11 bits per heavy atom. The maximum Gasteiger partial charge on any atom is 0.211 e. The average Bonchev–Trinajstić information content (AvgIpc) is 2.38. The lowest BCUT2D eigenvalue weighted by atomic mass is 10.1. The summed E-state index contributed by atoms with van der Waals surface area (Å²) in [6, 6.07) is 0.415. The Balaban J connectivity index is 2.35. The van der Waals surface area contributed by atoms with E-state index < -0.39 is 10.0 Å². The van der Waals surface area contributed by atoms with Crippen molar-refractivity contribution in [3.8, 4) is 0 Å². The fraction of sp³-hybridized carbons (Fsp3) is 1.00. The normalized spacial score (nSPS) is 20.6. The Morgan fingerprint density at radius 3 is 2.21 bits per heavy atom. The van der Waals surface area contributed by atoms with Crippen molar-refractivity contribution in [1.82, 2.24) is 9.21 Å². The summed E-state index contributed by atoms with van der Waals surface area (Å²) in [4.78, 5) is 2.35. The van der Waals surface area contributed by atoms with Crippen LogP contribution in [0.25, 0.3) is 0 Å². The van der Waals surface area contributed by atoms with Gasteiger partial charge in [-0.2, -0.15) is 4.31 Å². The molecule has 0 aromatic carbocycles. The van der Waals surface area contributed by atoms with E-state index >= 15 is 0 Å². The number of rotatable bonds is 8. The number of piperazine rings is 1. The highest BCUT2D eigenvalue weighted by molar-refractivity contribution is 7.88. The zero-order valence-corrected chi connectivity index (χ0v) is 13.2. The van der Waals surface area contributed by atoms with Gasteiger partial charge < -0.3 is 5.73 Å². The molecule has 19 heavy (non-hydrogen) atoms. The van der Waals surface area contributed by atoms with Crippen molar-refractivity contribution in [2.75, 3.05) is 39.0 Å². The van der Waals surface area contributed by atoms with Gasteiger partial charge in [0.05, 0.1) is 6.26 Å².